The lowest BCUT2D eigenvalue weighted by Gasteiger charge is -2.28. The summed E-state index contributed by atoms with van der Waals surface area (Å²) in [5.41, 5.74) is 10.1. The van der Waals surface area contributed by atoms with E-state index in [9.17, 15) is 4.79 Å². The number of para-hydroxylation sites is 1. The number of aryl methyl sites for hydroxylation is 4. The first-order valence-corrected chi connectivity index (χ1v) is 14.3. The Bertz CT molecular complexity index is 1540. The number of thiocarbonyl (C=S) groups is 1. The number of hydrogen-bond donors (Lipinski definition) is 2. The second kappa shape index (κ2) is 11.6. The van der Waals surface area contributed by atoms with Gasteiger partial charge in [0.05, 0.1) is 17.8 Å². The van der Waals surface area contributed by atoms with Crippen molar-refractivity contribution in [1.82, 2.24) is 19.8 Å². The molecule has 2 atom stereocenters. The first-order valence-electron chi connectivity index (χ1n) is 13.9. The summed E-state index contributed by atoms with van der Waals surface area (Å²) in [6.45, 7) is 11.2. The van der Waals surface area contributed by atoms with Gasteiger partial charge < -0.3 is 20.1 Å². The van der Waals surface area contributed by atoms with Gasteiger partial charge in [-0.25, -0.2) is 0 Å². The van der Waals surface area contributed by atoms with Crippen LogP contribution in [0.3, 0.4) is 0 Å². The fraction of sp³-hybridized carbons (Fsp3) is 0.303. The van der Waals surface area contributed by atoms with Crippen LogP contribution < -0.4 is 10.6 Å². The van der Waals surface area contributed by atoms with Gasteiger partial charge in [0, 0.05) is 41.9 Å². The second-order valence-corrected chi connectivity index (χ2v) is 11.0. The third kappa shape index (κ3) is 5.39. The largest absolute Gasteiger partial charge is 0.352 e. The van der Waals surface area contributed by atoms with Crippen LogP contribution in [0.1, 0.15) is 64.8 Å². The van der Waals surface area contributed by atoms with Gasteiger partial charge in [0.1, 0.15) is 0 Å². The normalized spacial score (nSPS) is 16.7. The van der Waals surface area contributed by atoms with Crippen LogP contribution >= 0.6 is 12.2 Å². The topological polar surface area (TPSA) is 62.2 Å². The summed E-state index contributed by atoms with van der Waals surface area (Å²) in [5, 5.41) is 7.28. The van der Waals surface area contributed by atoms with Crippen LogP contribution in [-0.4, -0.2) is 32.0 Å². The average molecular weight is 552 g/mol. The number of rotatable bonds is 8. The smallest absolute Gasteiger partial charge is 0.226 e. The molecule has 4 aromatic rings. The van der Waals surface area contributed by atoms with Gasteiger partial charge in [0.15, 0.2) is 5.11 Å². The second-order valence-electron chi connectivity index (χ2n) is 10.6. The Hall–Kier alpha value is -3.97. The first kappa shape index (κ1) is 27.6. The van der Waals surface area contributed by atoms with E-state index in [4.69, 9.17) is 12.2 Å². The zero-order valence-corrected chi connectivity index (χ0v) is 24.7. The Balaban J connectivity index is 1.49. The number of carbonyl (C=O) groups excluding carboxylic acids is 1. The lowest BCUT2D eigenvalue weighted by Crippen LogP contribution is -2.33. The van der Waals surface area contributed by atoms with Crippen molar-refractivity contribution in [3.05, 3.63) is 112 Å². The van der Waals surface area contributed by atoms with E-state index in [-0.39, 0.29) is 18.0 Å². The molecule has 2 N–H and O–H groups in total. The Kier molecular flexibility index (Phi) is 8.03. The van der Waals surface area contributed by atoms with E-state index in [1.54, 1.807) is 0 Å². The van der Waals surface area contributed by atoms with Crippen LogP contribution in [0.2, 0.25) is 0 Å². The van der Waals surface area contributed by atoms with Crippen LogP contribution in [-0.2, 0) is 11.2 Å². The molecule has 2 aromatic heterocycles. The van der Waals surface area contributed by atoms with Gasteiger partial charge in [0.2, 0.25) is 5.91 Å². The van der Waals surface area contributed by atoms with Crippen molar-refractivity contribution in [3.8, 4) is 5.69 Å². The van der Waals surface area contributed by atoms with Gasteiger partial charge in [-0.2, -0.15) is 0 Å². The van der Waals surface area contributed by atoms with Gasteiger partial charge in [-0.3, -0.25) is 9.78 Å². The van der Waals surface area contributed by atoms with Crippen LogP contribution in [0, 0.1) is 27.7 Å². The predicted octanol–water partition coefficient (Wildman–Crippen LogP) is 6.67. The molecule has 1 aliphatic heterocycles. The van der Waals surface area contributed by atoms with Crippen LogP contribution in [0.15, 0.2) is 72.9 Å². The minimum Gasteiger partial charge on any atom is -0.352 e. The summed E-state index contributed by atoms with van der Waals surface area (Å²) in [5.74, 6) is -0.0235. The summed E-state index contributed by atoms with van der Waals surface area (Å²) in [6.07, 6.45) is 3.00. The maximum atomic E-state index is 13.1. The molecule has 0 spiro atoms. The zero-order chi connectivity index (χ0) is 28.4. The molecule has 1 saturated heterocycles. The van der Waals surface area contributed by atoms with Crippen LogP contribution in [0.5, 0.6) is 0 Å². The molecule has 206 valence electrons. The number of pyridine rings is 1. The van der Waals surface area contributed by atoms with Gasteiger partial charge in [-0.05, 0) is 98.9 Å². The summed E-state index contributed by atoms with van der Waals surface area (Å²) >= 11 is 5.88. The maximum Gasteiger partial charge on any atom is 0.226 e. The number of nitrogens with one attached hydrogen (secondary N) is 2. The molecule has 6 nitrogen and oxygen atoms in total. The van der Waals surface area contributed by atoms with E-state index in [1.165, 1.54) is 22.4 Å². The number of hydrogen-bond acceptors (Lipinski definition) is 3. The molecule has 0 radical (unpaired) electrons. The van der Waals surface area contributed by atoms with E-state index >= 15 is 0 Å². The zero-order valence-electron chi connectivity index (χ0n) is 23.9. The number of aromatic nitrogens is 2. The molecule has 3 heterocycles. The quantitative estimate of drug-likeness (QED) is 0.240. The van der Waals surface area contributed by atoms with Crippen LogP contribution in [0.4, 0.5) is 5.69 Å². The van der Waals surface area contributed by atoms with Gasteiger partial charge in [0.25, 0.3) is 0 Å². The number of anilines is 1. The van der Waals surface area contributed by atoms with Gasteiger partial charge in [-0.1, -0.05) is 43.3 Å². The van der Waals surface area contributed by atoms with Crippen molar-refractivity contribution in [2.24, 2.45) is 0 Å². The fourth-order valence-corrected chi connectivity index (χ4v) is 6.12. The molecule has 1 aliphatic rings. The number of amides is 1. The fourth-order valence-electron chi connectivity index (χ4n) is 5.79. The molecule has 0 saturated carbocycles. The van der Waals surface area contributed by atoms with Crippen molar-refractivity contribution in [1.29, 1.82) is 0 Å². The molecule has 1 amide bonds. The molecule has 1 fully saturated rings. The Morgan fingerprint density at radius 1 is 1.02 bits per heavy atom. The monoisotopic (exact) mass is 551 g/mol. The number of carbonyl (C=O) groups is 1. The summed E-state index contributed by atoms with van der Waals surface area (Å²) in [7, 11) is 0. The highest BCUT2D eigenvalue weighted by molar-refractivity contribution is 7.80. The van der Waals surface area contributed by atoms with Crippen molar-refractivity contribution in [2.75, 3.05) is 11.9 Å². The van der Waals surface area contributed by atoms with Crippen LogP contribution in [0.25, 0.3) is 5.69 Å². The third-order valence-electron chi connectivity index (χ3n) is 7.84. The molecule has 0 aliphatic carbocycles. The Morgan fingerprint density at radius 2 is 1.80 bits per heavy atom. The van der Waals surface area contributed by atoms with E-state index in [1.807, 2.05) is 48.7 Å². The van der Waals surface area contributed by atoms with Gasteiger partial charge in [-0.15, -0.1) is 0 Å². The average Bonchev–Trinajstić information content (AvgIpc) is 3.43. The van der Waals surface area contributed by atoms with E-state index in [0.717, 1.165) is 34.8 Å². The highest BCUT2D eigenvalue weighted by Crippen LogP contribution is 2.41. The summed E-state index contributed by atoms with van der Waals surface area (Å²) in [6, 6.07) is 22.5. The van der Waals surface area contributed by atoms with Crippen molar-refractivity contribution >= 4 is 28.9 Å². The SMILES string of the molecule is CCc1ccccc1NC(=O)CCN1C(=S)NC(c2ccccn2)C1c1cc(C)n(-c2cc(C)ccc2C)c1C. The minimum atomic E-state index is -0.134. The lowest BCUT2D eigenvalue weighted by molar-refractivity contribution is -0.116. The molecular weight excluding hydrogens is 514 g/mol. The standard InChI is InChI=1S/C33H37N5OS/c1-6-25-11-7-8-12-27(25)35-30(39)16-18-37-32(31(36-33(37)40)28-13-9-10-17-34-28)26-20-23(4)38(24(26)5)29-19-21(2)14-15-22(29)3/h7-15,17,19-20,31-32H,6,16,18H2,1-5H3,(H,35,39)(H,36,40). The summed E-state index contributed by atoms with van der Waals surface area (Å²) in [4.78, 5) is 19.9. The van der Waals surface area contributed by atoms with E-state index in [2.05, 4.69) is 84.0 Å². The third-order valence-corrected chi connectivity index (χ3v) is 8.20. The lowest BCUT2D eigenvalue weighted by atomic mass is 9.96. The molecule has 7 heteroatoms. The Labute approximate surface area is 242 Å². The maximum absolute atomic E-state index is 13.1. The van der Waals surface area contributed by atoms with E-state index < -0.39 is 0 Å². The minimum absolute atomic E-state index is 0.0235. The number of benzene rings is 2. The first-order chi connectivity index (χ1) is 19.3. The van der Waals surface area contributed by atoms with E-state index in [0.29, 0.717) is 18.1 Å². The van der Waals surface area contributed by atoms with Crippen molar-refractivity contribution < 1.29 is 4.79 Å². The molecule has 2 unspecified atom stereocenters. The number of nitrogens with zero attached hydrogens (tertiary/aromatic N) is 3. The molecule has 0 bridgehead atoms. The molecule has 5 rings (SSSR count). The molecular formula is C33H37N5OS. The highest BCUT2D eigenvalue weighted by Gasteiger charge is 2.41. The predicted molar refractivity (Wildman–Crippen MR) is 166 cm³/mol. The van der Waals surface area contributed by atoms with Crippen molar-refractivity contribution in [3.63, 3.8) is 0 Å². The highest BCUT2D eigenvalue weighted by atomic mass is 32.1. The molecule has 40 heavy (non-hydrogen) atoms. The van der Waals surface area contributed by atoms with Crippen molar-refractivity contribution in [2.45, 2.75) is 59.5 Å². The Morgan fingerprint density at radius 3 is 2.55 bits per heavy atom. The molecule has 2 aromatic carbocycles. The van der Waals surface area contributed by atoms with Gasteiger partial charge >= 0.3 is 0 Å². The summed E-state index contributed by atoms with van der Waals surface area (Å²) < 4.78 is 2.33.